The molecule has 0 aliphatic rings. The van der Waals surface area contributed by atoms with Crippen molar-refractivity contribution in [3.05, 3.63) is 0 Å². The van der Waals surface area contributed by atoms with E-state index >= 15 is 0 Å². The van der Waals surface area contributed by atoms with Crippen LogP contribution >= 0.6 is 23.3 Å². The SMILES string of the molecule is C#CCSCCNc1nc(N)ns1. The van der Waals surface area contributed by atoms with Gasteiger partial charge in [-0.15, -0.1) is 18.2 Å². The fraction of sp³-hybridized carbons (Fsp3) is 0.429. The van der Waals surface area contributed by atoms with Gasteiger partial charge in [-0.05, 0) is 0 Å². The van der Waals surface area contributed by atoms with Gasteiger partial charge in [-0.3, -0.25) is 0 Å². The molecule has 0 spiro atoms. The van der Waals surface area contributed by atoms with Crippen LogP contribution in [-0.4, -0.2) is 27.4 Å². The van der Waals surface area contributed by atoms with Gasteiger partial charge < -0.3 is 11.1 Å². The van der Waals surface area contributed by atoms with Crippen molar-refractivity contribution in [2.24, 2.45) is 0 Å². The van der Waals surface area contributed by atoms with Crippen LogP contribution in [0.2, 0.25) is 0 Å². The van der Waals surface area contributed by atoms with Crippen LogP contribution in [-0.2, 0) is 0 Å². The maximum Gasteiger partial charge on any atom is 0.233 e. The van der Waals surface area contributed by atoms with Crippen molar-refractivity contribution >= 4 is 34.4 Å². The maximum absolute atomic E-state index is 5.35. The maximum atomic E-state index is 5.35. The molecule has 0 fully saturated rings. The number of nitrogens with zero attached hydrogens (tertiary/aromatic N) is 2. The van der Waals surface area contributed by atoms with Gasteiger partial charge in [0.1, 0.15) is 0 Å². The van der Waals surface area contributed by atoms with Crippen molar-refractivity contribution in [2.45, 2.75) is 0 Å². The van der Waals surface area contributed by atoms with E-state index in [1.807, 2.05) is 0 Å². The fourth-order valence-corrected chi connectivity index (χ4v) is 1.70. The summed E-state index contributed by atoms with van der Waals surface area (Å²) in [5.41, 5.74) is 5.35. The van der Waals surface area contributed by atoms with Crippen LogP contribution < -0.4 is 11.1 Å². The summed E-state index contributed by atoms with van der Waals surface area (Å²) in [6, 6.07) is 0. The molecule has 1 heterocycles. The number of thioether (sulfide) groups is 1. The first-order chi connectivity index (χ1) is 6.33. The van der Waals surface area contributed by atoms with Crippen molar-refractivity contribution in [1.29, 1.82) is 0 Å². The van der Waals surface area contributed by atoms with Gasteiger partial charge in [-0.1, -0.05) is 5.92 Å². The Labute approximate surface area is 85.5 Å². The minimum Gasteiger partial charge on any atom is -0.367 e. The molecule has 1 rings (SSSR count). The van der Waals surface area contributed by atoms with Gasteiger partial charge in [0, 0.05) is 23.8 Å². The Morgan fingerprint density at radius 1 is 1.69 bits per heavy atom. The van der Waals surface area contributed by atoms with Gasteiger partial charge in [0.25, 0.3) is 0 Å². The molecular weight excluding hydrogens is 204 g/mol. The Kier molecular flexibility index (Phi) is 4.43. The van der Waals surface area contributed by atoms with Crippen LogP contribution in [0.1, 0.15) is 0 Å². The molecule has 0 aromatic carbocycles. The predicted molar refractivity (Wildman–Crippen MR) is 59.0 cm³/mol. The molecule has 0 aliphatic carbocycles. The largest absolute Gasteiger partial charge is 0.367 e. The summed E-state index contributed by atoms with van der Waals surface area (Å²) < 4.78 is 3.84. The highest BCUT2D eigenvalue weighted by molar-refractivity contribution is 7.99. The molecule has 0 atom stereocenters. The first-order valence-electron chi connectivity index (χ1n) is 3.67. The van der Waals surface area contributed by atoms with Crippen LogP contribution in [0.25, 0.3) is 0 Å². The monoisotopic (exact) mass is 214 g/mol. The molecule has 0 aliphatic heterocycles. The molecule has 4 nitrogen and oxygen atoms in total. The number of hydrogen-bond acceptors (Lipinski definition) is 6. The van der Waals surface area contributed by atoms with E-state index in [0.29, 0.717) is 5.95 Å². The second kappa shape index (κ2) is 5.67. The van der Waals surface area contributed by atoms with Crippen LogP contribution in [0, 0.1) is 12.3 Å². The lowest BCUT2D eigenvalue weighted by molar-refractivity contribution is 1.20. The Balaban J connectivity index is 2.10. The first-order valence-corrected chi connectivity index (χ1v) is 5.60. The zero-order chi connectivity index (χ0) is 9.52. The Morgan fingerprint density at radius 3 is 3.15 bits per heavy atom. The number of nitrogens with two attached hydrogens (primary N) is 1. The van der Waals surface area contributed by atoms with E-state index in [-0.39, 0.29) is 0 Å². The first kappa shape index (κ1) is 10.2. The highest BCUT2D eigenvalue weighted by atomic mass is 32.2. The number of hydrogen-bond donors (Lipinski definition) is 2. The van der Waals surface area contributed by atoms with E-state index in [4.69, 9.17) is 12.2 Å². The molecule has 0 bridgehead atoms. The van der Waals surface area contributed by atoms with Crippen LogP contribution in [0.5, 0.6) is 0 Å². The molecule has 1 aromatic rings. The van der Waals surface area contributed by atoms with E-state index in [0.717, 1.165) is 23.2 Å². The lowest BCUT2D eigenvalue weighted by Gasteiger charge is -1.98. The number of aromatic nitrogens is 2. The third kappa shape index (κ3) is 4.01. The summed E-state index contributed by atoms with van der Waals surface area (Å²) in [4.78, 5) is 3.95. The highest BCUT2D eigenvalue weighted by Crippen LogP contribution is 2.11. The van der Waals surface area contributed by atoms with Crippen molar-refractivity contribution in [3.8, 4) is 12.3 Å². The fourth-order valence-electron chi connectivity index (χ4n) is 0.668. The molecule has 70 valence electrons. The van der Waals surface area contributed by atoms with Gasteiger partial charge in [-0.2, -0.15) is 9.36 Å². The summed E-state index contributed by atoms with van der Waals surface area (Å²) >= 11 is 2.97. The molecular formula is C7H10N4S2. The smallest absolute Gasteiger partial charge is 0.233 e. The number of rotatable bonds is 5. The van der Waals surface area contributed by atoms with Crippen molar-refractivity contribution < 1.29 is 0 Å². The van der Waals surface area contributed by atoms with Crippen molar-refractivity contribution in [1.82, 2.24) is 9.36 Å². The van der Waals surface area contributed by atoms with E-state index in [9.17, 15) is 0 Å². The predicted octanol–water partition coefficient (Wildman–Crippen LogP) is 0.899. The Hall–Kier alpha value is -0.930. The topological polar surface area (TPSA) is 63.8 Å². The third-order valence-corrected chi connectivity index (χ3v) is 2.70. The highest BCUT2D eigenvalue weighted by Gasteiger charge is 1.97. The minimum absolute atomic E-state index is 0.323. The standard InChI is InChI=1S/C7H10N4S2/c1-2-4-12-5-3-9-7-10-6(8)11-13-7/h1H,3-5H2,(H3,8,9,10,11). The summed E-state index contributed by atoms with van der Waals surface area (Å²) in [6.45, 7) is 0.834. The number of terminal acetylenes is 1. The summed E-state index contributed by atoms with van der Waals surface area (Å²) in [7, 11) is 0. The molecule has 1 aromatic heterocycles. The van der Waals surface area contributed by atoms with Gasteiger partial charge >= 0.3 is 0 Å². The second-order valence-electron chi connectivity index (χ2n) is 2.14. The molecule has 0 unspecified atom stereocenters. The average molecular weight is 214 g/mol. The molecule has 0 amide bonds. The van der Waals surface area contributed by atoms with Crippen molar-refractivity contribution in [2.75, 3.05) is 29.1 Å². The number of anilines is 2. The zero-order valence-electron chi connectivity index (χ0n) is 6.99. The van der Waals surface area contributed by atoms with Gasteiger partial charge in [0.2, 0.25) is 11.1 Å². The molecule has 0 radical (unpaired) electrons. The normalized spacial score (nSPS) is 9.46. The minimum atomic E-state index is 0.323. The van der Waals surface area contributed by atoms with Crippen LogP contribution in [0.15, 0.2) is 0 Å². The molecule has 13 heavy (non-hydrogen) atoms. The van der Waals surface area contributed by atoms with Crippen LogP contribution in [0.3, 0.4) is 0 Å². The van der Waals surface area contributed by atoms with E-state index in [1.54, 1.807) is 11.8 Å². The van der Waals surface area contributed by atoms with Crippen LogP contribution in [0.4, 0.5) is 11.1 Å². The van der Waals surface area contributed by atoms with E-state index in [1.165, 1.54) is 11.5 Å². The Bertz CT molecular complexity index is 291. The van der Waals surface area contributed by atoms with Gasteiger partial charge in [-0.25, -0.2) is 0 Å². The summed E-state index contributed by atoms with van der Waals surface area (Å²) in [5, 5.41) is 3.86. The molecule has 6 heteroatoms. The summed E-state index contributed by atoms with van der Waals surface area (Å²) in [5.74, 6) is 4.60. The lowest BCUT2D eigenvalue weighted by atomic mass is 10.7. The Morgan fingerprint density at radius 2 is 2.54 bits per heavy atom. The average Bonchev–Trinajstić information content (AvgIpc) is 2.51. The van der Waals surface area contributed by atoms with Gasteiger partial charge in [0.05, 0.1) is 5.75 Å². The van der Waals surface area contributed by atoms with E-state index in [2.05, 4.69) is 20.6 Å². The number of nitrogen functional groups attached to an aromatic ring is 1. The second-order valence-corrected chi connectivity index (χ2v) is 4.00. The molecule has 3 N–H and O–H groups in total. The van der Waals surface area contributed by atoms with E-state index < -0.39 is 0 Å². The van der Waals surface area contributed by atoms with Crippen molar-refractivity contribution in [3.63, 3.8) is 0 Å². The third-order valence-electron chi connectivity index (χ3n) is 1.15. The molecule has 0 saturated carbocycles. The lowest BCUT2D eigenvalue weighted by Crippen LogP contribution is -2.03. The summed E-state index contributed by atoms with van der Waals surface area (Å²) in [6.07, 6.45) is 5.10. The zero-order valence-corrected chi connectivity index (χ0v) is 8.62. The quantitative estimate of drug-likeness (QED) is 0.563. The molecule has 0 saturated heterocycles. The number of nitrogens with one attached hydrogen (secondary N) is 1. The van der Waals surface area contributed by atoms with Gasteiger partial charge in [0.15, 0.2) is 0 Å².